The summed E-state index contributed by atoms with van der Waals surface area (Å²) in [5, 5.41) is 8.44. The van der Waals surface area contributed by atoms with E-state index < -0.39 is 0 Å². The van der Waals surface area contributed by atoms with E-state index in [1.807, 2.05) is 6.33 Å². The number of nitrogens with zero attached hydrogens (tertiary/aromatic N) is 3. The maximum absolute atomic E-state index is 6.29. The maximum atomic E-state index is 6.29. The standard InChI is InChI=1S/C13H24N4/c1-12(2,13(3,4)14)11-16-15-9-17(11)10-7-5-6-8-10/h9-10H,5-8,14H2,1-4H3. The van der Waals surface area contributed by atoms with E-state index in [2.05, 4.69) is 42.5 Å². The molecule has 4 heteroatoms. The van der Waals surface area contributed by atoms with Crippen LogP contribution in [0.5, 0.6) is 0 Å². The Hall–Kier alpha value is -0.900. The molecule has 2 N–H and O–H groups in total. The molecule has 0 radical (unpaired) electrons. The van der Waals surface area contributed by atoms with E-state index in [0.717, 1.165) is 5.82 Å². The van der Waals surface area contributed by atoms with E-state index in [-0.39, 0.29) is 11.0 Å². The molecule has 0 saturated heterocycles. The van der Waals surface area contributed by atoms with Gasteiger partial charge in [0, 0.05) is 17.0 Å². The predicted octanol–water partition coefficient (Wildman–Crippen LogP) is 2.41. The van der Waals surface area contributed by atoms with Crippen LogP contribution in [0.25, 0.3) is 0 Å². The first-order valence-corrected chi connectivity index (χ1v) is 6.53. The third-order valence-electron chi connectivity index (χ3n) is 4.46. The zero-order valence-electron chi connectivity index (χ0n) is 11.4. The lowest BCUT2D eigenvalue weighted by atomic mass is 9.74. The maximum Gasteiger partial charge on any atom is 0.140 e. The molecular weight excluding hydrogens is 212 g/mol. The fourth-order valence-electron chi connectivity index (χ4n) is 2.43. The lowest BCUT2D eigenvalue weighted by molar-refractivity contribution is 0.273. The van der Waals surface area contributed by atoms with Crippen LogP contribution in [0.4, 0.5) is 0 Å². The molecule has 0 spiro atoms. The average Bonchev–Trinajstić information content (AvgIpc) is 2.86. The van der Waals surface area contributed by atoms with Gasteiger partial charge in [0.1, 0.15) is 12.2 Å². The highest BCUT2D eigenvalue weighted by Gasteiger charge is 2.40. The molecule has 1 heterocycles. The number of hydrogen-bond acceptors (Lipinski definition) is 3. The van der Waals surface area contributed by atoms with Gasteiger partial charge in [0.15, 0.2) is 0 Å². The molecule has 1 aromatic rings. The Morgan fingerprint density at radius 2 is 1.82 bits per heavy atom. The molecular formula is C13H24N4. The van der Waals surface area contributed by atoms with Gasteiger partial charge in [-0.05, 0) is 26.7 Å². The van der Waals surface area contributed by atoms with Crippen LogP contribution in [0, 0.1) is 0 Å². The Bertz CT molecular complexity index is 380. The second kappa shape index (κ2) is 4.09. The SMILES string of the molecule is CC(C)(N)C(C)(C)c1nncn1C1CCCC1. The lowest BCUT2D eigenvalue weighted by Crippen LogP contribution is -2.51. The molecule has 0 atom stereocenters. The summed E-state index contributed by atoms with van der Waals surface area (Å²) in [7, 11) is 0. The monoisotopic (exact) mass is 236 g/mol. The number of rotatable bonds is 3. The van der Waals surface area contributed by atoms with Crippen molar-refractivity contribution in [2.75, 3.05) is 0 Å². The van der Waals surface area contributed by atoms with Crippen LogP contribution in [0.1, 0.15) is 65.2 Å². The Balaban J connectivity index is 2.36. The Kier molecular flexibility index (Phi) is 3.02. The van der Waals surface area contributed by atoms with Crippen LogP contribution in [0.2, 0.25) is 0 Å². The van der Waals surface area contributed by atoms with Crippen molar-refractivity contribution in [2.45, 2.75) is 70.4 Å². The first kappa shape index (κ1) is 12.6. The minimum atomic E-state index is -0.309. The molecule has 1 saturated carbocycles. The zero-order chi connectivity index (χ0) is 12.7. The Morgan fingerprint density at radius 1 is 1.24 bits per heavy atom. The minimum absolute atomic E-state index is 0.175. The third-order valence-corrected chi connectivity index (χ3v) is 4.46. The molecule has 2 rings (SSSR count). The molecule has 0 aliphatic heterocycles. The third kappa shape index (κ3) is 2.10. The van der Waals surface area contributed by atoms with Crippen LogP contribution >= 0.6 is 0 Å². The molecule has 1 aromatic heterocycles. The summed E-state index contributed by atoms with van der Waals surface area (Å²) in [4.78, 5) is 0. The van der Waals surface area contributed by atoms with Crippen LogP contribution < -0.4 is 5.73 Å². The highest BCUT2D eigenvalue weighted by molar-refractivity contribution is 5.14. The highest BCUT2D eigenvalue weighted by atomic mass is 15.3. The van der Waals surface area contributed by atoms with Crippen molar-refractivity contribution in [1.29, 1.82) is 0 Å². The summed E-state index contributed by atoms with van der Waals surface area (Å²) < 4.78 is 2.25. The number of hydrogen-bond donors (Lipinski definition) is 1. The molecule has 4 nitrogen and oxygen atoms in total. The van der Waals surface area contributed by atoms with Crippen molar-refractivity contribution in [1.82, 2.24) is 14.8 Å². The van der Waals surface area contributed by atoms with Crippen LogP contribution in [-0.4, -0.2) is 20.3 Å². The second-order valence-electron chi connectivity index (χ2n) is 6.35. The average molecular weight is 236 g/mol. The van der Waals surface area contributed by atoms with E-state index in [0.29, 0.717) is 6.04 Å². The lowest BCUT2D eigenvalue weighted by Gasteiger charge is -2.38. The van der Waals surface area contributed by atoms with Crippen LogP contribution in [0.15, 0.2) is 6.33 Å². The van der Waals surface area contributed by atoms with Gasteiger partial charge < -0.3 is 10.3 Å². The molecule has 17 heavy (non-hydrogen) atoms. The fraction of sp³-hybridized carbons (Fsp3) is 0.846. The smallest absolute Gasteiger partial charge is 0.140 e. The fourth-order valence-corrected chi connectivity index (χ4v) is 2.43. The van der Waals surface area contributed by atoms with Crippen molar-refractivity contribution in [3.8, 4) is 0 Å². The molecule has 0 aromatic carbocycles. The van der Waals surface area contributed by atoms with Gasteiger partial charge >= 0.3 is 0 Å². The van der Waals surface area contributed by atoms with E-state index in [9.17, 15) is 0 Å². The van der Waals surface area contributed by atoms with Gasteiger partial charge in [-0.1, -0.05) is 26.7 Å². The first-order valence-electron chi connectivity index (χ1n) is 6.53. The molecule has 1 fully saturated rings. The summed E-state index contributed by atoms with van der Waals surface area (Å²) in [6.45, 7) is 8.42. The van der Waals surface area contributed by atoms with E-state index in [4.69, 9.17) is 5.73 Å². The van der Waals surface area contributed by atoms with Gasteiger partial charge in [-0.3, -0.25) is 0 Å². The second-order valence-corrected chi connectivity index (χ2v) is 6.35. The first-order chi connectivity index (χ1) is 7.84. The van der Waals surface area contributed by atoms with Gasteiger partial charge in [-0.25, -0.2) is 0 Å². The summed E-state index contributed by atoms with van der Waals surface area (Å²) in [5.74, 6) is 1.02. The van der Waals surface area contributed by atoms with Crippen LogP contribution in [-0.2, 0) is 5.41 Å². The van der Waals surface area contributed by atoms with Gasteiger partial charge in [-0.2, -0.15) is 0 Å². The quantitative estimate of drug-likeness (QED) is 0.876. The van der Waals surface area contributed by atoms with Crippen molar-refractivity contribution < 1.29 is 0 Å². The van der Waals surface area contributed by atoms with Gasteiger partial charge in [0.25, 0.3) is 0 Å². The summed E-state index contributed by atoms with van der Waals surface area (Å²) in [6, 6.07) is 0.571. The van der Waals surface area contributed by atoms with Gasteiger partial charge in [0.2, 0.25) is 0 Å². The van der Waals surface area contributed by atoms with Crippen molar-refractivity contribution >= 4 is 0 Å². The molecule has 0 bridgehead atoms. The molecule has 0 amide bonds. The predicted molar refractivity (Wildman–Crippen MR) is 68.8 cm³/mol. The summed E-state index contributed by atoms with van der Waals surface area (Å²) in [6.07, 6.45) is 6.99. The van der Waals surface area contributed by atoms with Crippen molar-refractivity contribution in [3.05, 3.63) is 12.2 Å². The molecule has 1 aliphatic carbocycles. The Labute approximate surface area is 104 Å². The van der Waals surface area contributed by atoms with Crippen molar-refractivity contribution in [2.24, 2.45) is 5.73 Å². The van der Waals surface area contributed by atoms with Crippen LogP contribution in [0.3, 0.4) is 0 Å². The minimum Gasteiger partial charge on any atom is -0.325 e. The largest absolute Gasteiger partial charge is 0.325 e. The molecule has 1 aliphatic rings. The highest BCUT2D eigenvalue weighted by Crippen LogP contribution is 2.36. The normalized spacial score (nSPS) is 18.9. The Morgan fingerprint density at radius 3 is 2.35 bits per heavy atom. The summed E-state index contributed by atoms with van der Waals surface area (Å²) >= 11 is 0. The van der Waals surface area contributed by atoms with E-state index in [1.165, 1.54) is 25.7 Å². The van der Waals surface area contributed by atoms with Crippen molar-refractivity contribution in [3.63, 3.8) is 0 Å². The molecule has 96 valence electrons. The van der Waals surface area contributed by atoms with E-state index in [1.54, 1.807) is 0 Å². The topological polar surface area (TPSA) is 56.7 Å². The van der Waals surface area contributed by atoms with Gasteiger partial charge in [0.05, 0.1) is 0 Å². The zero-order valence-corrected chi connectivity index (χ0v) is 11.4. The molecule has 0 unspecified atom stereocenters. The van der Waals surface area contributed by atoms with E-state index >= 15 is 0 Å². The number of nitrogens with two attached hydrogens (primary N) is 1. The number of aromatic nitrogens is 3. The van der Waals surface area contributed by atoms with Gasteiger partial charge in [-0.15, -0.1) is 10.2 Å². The summed E-state index contributed by atoms with van der Waals surface area (Å²) in [5.41, 5.74) is 5.81.